The summed E-state index contributed by atoms with van der Waals surface area (Å²) >= 11 is 3.52. The molecule has 0 aliphatic heterocycles. The molecule has 120 valence electrons. The van der Waals surface area contributed by atoms with Gasteiger partial charge in [-0.1, -0.05) is 30.3 Å². The first-order chi connectivity index (χ1) is 11.5. The molecule has 0 aliphatic rings. The molecule has 3 aromatic rings. The van der Waals surface area contributed by atoms with E-state index in [1.165, 1.54) is 12.1 Å². The summed E-state index contributed by atoms with van der Waals surface area (Å²) in [7, 11) is 0. The third-order valence-electron chi connectivity index (χ3n) is 3.58. The lowest BCUT2D eigenvalue weighted by Gasteiger charge is -2.13. The molecule has 0 unspecified atom stereocenters. The average molecular weight is 387 g/mol. The maximum absolute atomic E-state index is 11.4. The SMILES string of the molecule is O=C(O)c1cc([N+](=O)[O-])ccc1Nc1ccc2ccccc2c1Br. The minimum absolute atomic E-state index is 0.163. The number of nitro benzene ring substituents is 1. The molecule has 0 aliphatic carbocycles. The molecule has 0 heterocycles. The summed E-state index contributed by atoms with van der Waals surface area (Å²) in [6.07, 6.45) is 0. The van der Waals surface area contributed by atoms with E-state index in [1.807, 2.05) is 36.4 Å². The van der Waals surface area contributed by atoms with E-state index in [4.69, 9.17) is 0 Å². The molecule has 3 rings (SSSR count). The zero-order chi connectivity index (χ0) is 17.3. The summed E-state index contributed by atoms with van der Waals surface area (Å²) in [5.74, 6) is -1.24. The van der Waals surface area contributed by atoms with Gasteiger partial charge < -0.3 is 10.4 Å². The van der Waals surface area contributed by atoms with Crippen LogP contribution >= 0.6 is 15.9 Å². The summed E-state index contributed by atoms with van der Waals surface area (Å²) in [5.41, 5.74) is 0.522. The van der Waals surface area contributed by atoms with Gasteiger partial charge in [-0.3, -0.25) is 10.1 Å². The van der Waals surface area contributed by atoms with Crippen molar-refractivity contribution in [2.24, 2.45) is 0 Å². The molecule has 7 heteroatoms. The third-order valence-corrected chi connectivity index (χ3v) is 4.43. The highest BCUT2D eigenvalue weighted by Gasteiger charge is 2.17. The van der Waals surface area contributed by atoms with Crippen molar-refractivity contribution in [3.8, 4) is 0 Å². The number of rotatable bonds is 4. The lowest BCUT2D eigenvalue weighted by molar-refractivity contribution is -0.384. The van der Waals surface area contributed by atoms with E-state index < -0.39 is 10.9 Å². The highest BCUT2D eigenvalue weighted by atomic mass is 79.9. The fraction of sp³-hybridized carbons (Fsp3) is 0. The second-order valence-electron chi connectivity index (χ2n) is 5.07. The number of hydrogen-bond donors (Lipinski definition) is 2. The fourth-order valence-corrected chi connectivity index (χ4v) is 3.00. The summed E-state index contributed by atoms with van der Waals surface area (Å²) < 4.78 is 0.787. The number of hydrogen-bond acceptors (Lipinski definition) is 4. The zero-order valence-corrected chi connectivity index (χ0v) is 13.8. The van der Waals surface area contributed by atoms with Crippen LogP contribution in [-0.4, -0.2) is 16.0 Å². The number of nitro groups is 1. The molecule has 0 saturated carbocycles. The highest BCUT2D eigenvalue weighted by molar-refractivity contribution is 9.10. The molecule has 2 N–H and O–H groups in total. The molecular formula is C17H11BrN2O4. The van der Waals surface area contributed by atoms with Crippen LogP contribution in [0.3, 0.4) is 0 Å². The standard InChI is InChI=1S/C17H11BrN2O4/c18-16-12-4-2-1-3-10(12)5-7-15(16)19-14-8-6-11(20(23)24)9-13(14)17(21)22/h1-9,19H,(H,21,22). The van der Waals surface area contributed by atoms with Crippen LogP contribution in [0.25, 0.3) is 10.8 Å². The zero-order valence-electron chi connectivity index (χ0n) is 12.2. The van der Waals surface area contributed by atoms with Crippen molar-refractivity contribution in [1.82, 2.24) is 0 Å². The number of carboxylic acids is 1. The minimum atomic E-state index is -1.24. The molecule has 0 bridgehead atoms. The van der Waals surface area contributed by atoms with Crippen LogP contribution in [0.15, 0.2) is 59.1 Å². The van der Waals surface area contributed by atoms with Crippen molar-refractivity contribution in [2.45, 2.75) is 0 Å². The van der Waals surface area contributed by atoms with Gasteiger partial charge in [0.05, 0.1) is 21.9 Å². The Morgan fingerprint density at radius 3 is 2.50 bits per heavy atom. The Morgan fingerprint density at radius 1 is 1.08 bits per heavy atom. The number of halogens is 1. The molecule has 3 aromatic carbocycles. The van der Waals surface area contributed by atoms with E-state index in [-0.39, 0.29) is 16.9 Å². The lowest BCUT2D eigenvalue weighted by atomic mass is 10.1. The number of nitrogens with zero attached hydrogens (tertiary/aromatic N) is 1. The monoisotopic (exact) mass is 386 g/mol. The normalized spacial score (nSPS) is 10.5. The molecule has 0 spiro atoms. The molecule has 0 amide bonds. The van der Waals surface area contributed by atoms with Crippen molar-refractivity contribution < 1.29 is 14.8 Å². The van der Waals surface area contributed by atoms with Gasteiger partial charge in [0.1, 0.15) is 0 Å². The molecule has 0 saturated heterocycles. The van der Waals surface area contributed by atoms with Crippen molar-refractivity contribution in [3.05, 3.63) is 74.7 Å². The van der Waals surface area contributed by atoms with E-state index in [1.54, 1.807) is 0 Å². The van der Waals surface area contributed by atoms with E-state index in [2.05, 4.69) is 21.2 Å². The van der Waals surface area contributed by atoms with Crippen LogP contribution < -0.4 is 5.32 Å². The predicted molar refractivity (Wildman–Crippen MR) is 95.0 cm³/mol. The molecule has 0 aromatic heterocycles. The number of anilines is 2. The van der Waals surface area contributed by atoms with Gasteiger partial charge >= 0.3 is 5.97 Å². The van der Waals surface area contributed by atoms with Crippen LogP contribution in [0.5, 0.6) is 0 Å². The van der Waals surface area contributed by atoms with Crippen molar-refractivity contribution in [1.29, 1.82) is 0 Å². The maximum Gasteiger partial charge on any atom is 0.338 e. The van der Waals surface area contributed by atoms with Crippen LogP contribution in [0, 0.1) is 10.1 Å². The lowest BCUT2D eigenvalue weighted by Crippen LogP contribution is -2.04. The van der Waals surface area contributed by atoms with Gasteiger partial charge in [0.15, 0.2) is 0 Å². The number of aromatic carboxylic acids is 1. The van der Waals surface area contributed by atoms with Gasteiger partial charge in [0.2, 0.25) is 0 Å². The van der Waals surface area contributed by atoms with Gasteiger partial charge in [-0.05, 0) is 38.8 Å². The van der Waals surface area contributed by atoms with Gasteiger partial charge in [0, 0.05) is 16.6 Å². The molecule has 0 fully saturated rings. The van der Waals surface area contributed by atoms with Gasteiger partial charge in [-0.2, -0.15) is 0 Å². The van der Waals surface area contributed by atoms with Crippen LogP contribution in [0.2, 0.25) is 0 Å². The maximum atomic E-state index is 11.4. The molecule has 0 radical (unpaired) electrons. The smallest absolute Gasteiger partial charge is 0.338 e. The first-order valence-electron chi connectivity index (χ1n) is 6.93. The number of fused-ring (bicyclic) bond motifs is 1. The molecular weight excluding hydrogens is 376 g/mol. The third kappa shape index (κ3) is 2.93. The quantitative estimate of drug-likeness (QED) is 0.488. The minimum Gasteiger partial charge on any atom is -0.478 e. The Kier molecular flexibility index (Phi) is 4.18. The Balaban J connectivity index is 2.07. The Morgan fingerprint density at radius 2 is 1.79 bits per heavy atom. The van der Waals surface area contributed by atoms with Gasteiger partial charge in [-0.15, -0.1) is 0 Å². The van der Waals surface area contributed by atoms with Crippen LogP contribution in [0.1, 0.15) is 10.4 Å². The Hall–Kier alpha value is -2.93. The summed E-state index contributed by atoms with van der Waals surface area (Å²) in [5, 5.41) is 25.2. The first kappa shape index (κ1) is 15.9. The second-order valence-corrected chi connectivity index (χ2v) is 5.86. The Labute approximate surface area is 145 Å². The molecule has 0 atom stereocenters. The van der Waals surface area contributed by atoms with Crippen molar-refractivity contribution >= 4 is 49.7 Å². The van der Waals surface area contributed by atoms with Crippen molar-refractivity contribution in [2.75, 3.05) is 5.32 Å². The molecule has 24 heavy (non-hydrogen) atoms. The average Bonchev–Trinajstić information content (AvgIpc) is 2.57. The van der Waals surface area contributed by atoms with Crippen LogP contribution in [-0.2, 0) is 0 Å². The first-order valence-corrected chi connectivity index (χ1v) is 7.72. The van der Waals surface area contributed by atoms with E-state index >= 15 is 0 Å². The van der Waals surface area contributed by atoms with Crippen LogP contribution in [0.4, 0.5) is 17.1 Å². The fourth-order valence-electron chi connectivity index (χ4n) is 2.41. The summed E-state index contributed by atoms with van der Waals surface area (Å²) in [4.78, 5) is 21.6. The number of carbonyl (C=O) groups is 1. The largest absolute Gasteiger partial charge is 0.478 e. The summed E-state index contributed by atoms with van der Waals surface area (Å²) in [6, 6.07) is 15.2. The topological polar surface area (TPSA) is 92.5 Å². The van der Waals surface area contributed by atoms with Gasteiger partial charge in [0.25, 0.3) is 5.69 Å². The Bertz CT molecular complexity index is 972. The number of benzene rings is 3. The second kappa shape index (κ2) is 6.29. The number of nitrogens with one attached hydrogen (secondary N) is 1. The van der Waals surface area contributed by atoms with E-state index in [9.17, 15) is 20.0 Å². The van der Waals surface area contributed by atoms with Crippen molar-refractivity contribution in [3.63, 3.8) is 0 Å². The number of carboxylic acid groups (broad SMARTS) is 1. The van der Waals surface area contributed by atoms with E-state index in [0.29, 0.717) is 5.69 Å². The highest BCUT2D eigenvalue weighted by Crippen LogP contribution is 2.34. The van der Waals surface area contributed by atoms with E-state index in [0.717, 1.165) is 21.3 Å². The molecule has 6 nitrogen and oxygen atoms in total. The number of non-ortho nitro benzene ring substituents is 1. The summed E-state index contributed by atoms with van der Waals surface area (Å²) in [6.45, 7) is 0. The van der Waals surface area contributed by atoms with Gasteiger partial charge in [-0.25, -0.2) is 4.79 Å². The predicted octanol–water partition coefficient (Wildman–Crippen LogP) is 4.95.